The third-order valence-electron chi connectivity index (χ3n) is 7.46. The molecule has 1 fully saturated rings. The fourth-order valence-electron chi connectivity index (χ4n) is 5.21. The smallest absolute Gasteiger partial charge is 0.244 e. The minimum absolute atomic E-state index is 0.00613. The molecule has 12 heteroatoms. The first-order valence-electron chi connectivity index (χ1n) is 13.9. The molecule has 230 valence electrons. The molecule has 0 unspecified atom stereocenters. The summed E-state index contributed by atoms with van der Waals surface area (Å²) in [4.78, 5) is 29.7. The van der Waals surface area contributed by atoms with Crippen LogP contribution in [-0.4, -0.2) is 50.0 Å². The van der Waals surface area contributed by atoms with Gasteiger partial charge in [-0.05, 0) is 48.2 Å². The van der Waals surface area contributed by atoms with Crippen LogP contribution in [-0.2, 0) is 32.6 Å². The number of nitrogens with zero attached hydrogens (tertiary/aromatic N) is 2. The SMILES string of the molecule is CS(=O)(=O)N(CC(=O)N(Cc1ccc(Cl)cc1Cl)[C@@H](Cc1ccccc1)C(=O)NC1CCCCC1)c1cccc(Cl)c1Cl. The lowest BCUT2D eigenvalue weighted by atomic mass is 9.94. The van der Waals surface area contributed by atoms with Gasteiger partial charge in [0.2, 0.25) is 21.8 Å². The molecule has 1 aliphatic rings. The average molecular weight is 686 g/mol. The highest BCUT2D eigenvalue weighted by Gasteiger charge is 2.35. The minimum atomic E-state index is -4.00. The lowest BCUT2D eigenvalue weighted by Gasteiger charge is -2.35. The van der Waals surface area contributed by atoms with E-state index in [1.54, 1.807) is 24.3 Å². The maximum Gasteiger partial charge on any atom is 0.244 e. The number of benzene rings is 3. The van der Waals surface area contributed by atoms with Crippen LogP contribution in [0.2, 0.25) is 20.1 Å². The van der Waals surface area contributed by atoms with E-state index < -0.39 is 28.5 Å². The molecule has 43 heavy (non-hydrogen) atoms. The van der Waals surface area contributed by atoms with Crippen molar-refractivity contribution in [3.8, 4) is 0 Å². The maximum absolute atomic E-state index is 14.3. The predicted molar refractivity (Wildman–Crippen MR) is 175 cm³/mol. The highest BCUT2D eigenvalue weighted by Crippen LogP contribution is 2.34. The number of carbonyl (C=O) groups excluding carboxylic acids is 2. The molecule has 0 aromatic heterocycles. The van der Waals surface area contributed by atoms with Crippen LogP contribution in [0, 0.1) is 0 Å². The zero-order valence-corrected chi connectivity index (χ0v) is 27.5. The van der Waals surface area contributed by atoms with E-state index in [-0.39, 0.29) is 40.6 Å². The molecule has 0 aliphatic heterocycles. The Morgan fingerprint density at radius 1 is 0.907 bits per heavy atom. The van der Waals surface area contributed by atoms with Gasteiger partial charge in [-0.2, -0.15) is 0 Å². The lowest BCUT2D eigenvalue weighted by Crippen LogP contribution is -2.55. The standard InChI is InChI=1S/C31H33Cl4N3O4S/c1-43(41,42)38(27-14-8-13-25(33)30(27)35)20-29(39)37(19-22-15-16-23(32)18-26(22)34)28(17-21-9-4-2-5-10-21)31(40)36-24-11-6-3-7-12-24/h2,4-5,8-10,13-16,18,24,28H,3,6-7,11-12,17,19-20H2,1H3,(H,36,40)/t28-/m0/s1. The largest absolute Gasteiger partial charge is 0.352 e. The van der Waals surface area contributed by atoms with Crippen molar-refractivity contribution in [2.45, 2.75) is 57.2 Å². The number of rotatable bonds is 11. The van der Waals surface area contributed by atoms with Crippen LogP contribution in [0.4, 0.5) is 5.69 Å². The Morgan fingerprint density at radius 3 is 2.26 bits per heavy atom. The van der Waals surface area contributed by atoms with Crippen molar-refractivity contribution in [3.63, 3.8) is 0 Å². The van der Waals surface area contributed by atoms with E-state index in [0.29, 0.717) is 15.6 Å². The van der Waals surface area contributed by atoms with Gasteiger partial charge in [-0.25, -0.2) is 8.42 Å². The number of nitrogens with one attached hydrogen (secondary N) is 1. The summed E-state index contributed by atoms with van der Waals surface area (Å²) in [5.74, 6) is -0.937. The summed E-state index contributed by atoms with van der Waals surface area (Å²) in [6.45, 7) is -0.683. The first-order valence-corrected chi connectivity index (χ1v) is 17.3. The molecule has 0 radical (unpaired) electrons. The minimum Gasteiger partial charge on any atom is -0.352 e. The second kappa shape index (κ2) is 15.0. The van der Waals surface area contributed by atoms with Crippen LogP contribution < -0.4 is 9.62 Å². The van der Waals surface area contributed by atoms with Crippen molar-refractivity contribution >= 4 is 73.9 Å². The van der Waals surface area contributed by atoms with E-state index in [2.05, 4.69) is 5.32 Å². The van der Waals surface area contributed by atoms with Gasteiger partial charge >= 0.3 is 0 Å². The van der Waals surface area contributed by atoms with Gasteiger partial charge in [0.25, 0.3) is 0 Å². The third kappa shape index (κ3) is 9.02. The van der Waals surface area contributed by atoms with Gasteiger partial charge in [0.15, 0.2) is 0 Å². The summed E-state index contributed by atoms with van der Waals surface area (Å²) in [6, 6.07) is 17.8. The number of hydrogen-bond donors (Lipinski definition) is 1. The summed E-state index contributed by atoms with van der Waals surface area (Å²) in [5.41, 5.74) is 1.44. The van der Waals surface area contributed by atoms with Gasteiger partial charge in [-0.15, -0.1) is 0 Å². The van der Waals surface area contributed by atoms with Crippen molar-refractivity contribution in [2.24, 2.45) is 0 Å². The van der Waals surface area contributed by atoms with Crippen LogP contribution in [0.1, 0.15) is 43.2 Å². The van der Waals surface area contributed by atoms with E-state index in [1.165, 1.54) is 17.0 Å². The Balaban J connectivity index is 1.76. The molecule has 4 rings (SSSR count). The topological polar surface area (TPSA) is 86.8 Å². The zero-order chi connectivity index (χ0) is 31.1. The zero-order valence-electron chi connectivity index (χ0n) is 23.6. The molecule has 0 heterocycles. The fourth-order valence-corrected chi connectivity index (χ4v) is 6.98. The molecule has 1 aliphatic carbocycles. The predicted octanol–water partition coefficient (Wildman–Crippen LogP) is 7.16. The Kier molecular flexibility index (Phi) is 11.6. The van der Waals surface area contributed by atoms with Gasteiger partial charge in [0.1, 0.15) is 12.6 Å². The van der Waals surface area contributed by atoms with Crippen molar-refractivity contribution in [1.82, 2.24) is 10.2 Å². The Labute approximate surface area is 273 Å². The molecule has 3 aromatic rings. The molecule has 1 atom stereocenters. The average Bonchev–Trinajstić information content (AvgIpc) is 2.96. The molecule has 1 N–H and O–H groups in total. The number of carbonyl (C=O) groups is 2. The molecule has 3 aromatic carbocycles. The molecule has 7 nitrogen and oxygen atoms in total. The van der Waals surface area contributed by atoms with Crippen molar-refractivity contribution in [3.05, 3.63) is 97.9 Å². The molecular formula is C31H33Cl4N3O4S. The summed E-state index contributed by atoms with van der Waals surface area (Å²) >= 11 is 25.2. The first-order chi connectivity index (χ1) is 20.4. The number of anilines is 1. The van der Waals surface area contributed by atoms with Gasteiger partial charge in [0.05, 0.1) is 22.0 Å². The van der Waals surface area contributed by atoms with Crippen LogP contribution in [0.25, 0.3) is 0 Å². The number of amides is 2. The van der Waals surface area contributed by atoms with Crippen molar-refractivity contribution in [1.29, 1.82) is 0 Å². The van der Waals surface area contributed by atoms with E-state index in [4.69, 9.17) is 46.4 Å². The van der Waals surface area contributed by atoms with Crippen molar-refractivity contribution < 1.29 is 18.0 Å². The van der Waals surface area contributed by atoms with Crippen LogP contribution in [0.3, 0.4) is 0 Å². The highest BCUT2D eigenvalue weighted by atomic mass is 35.5. The Bertz CT molecular complexity index is 1550. The summed E-state index contributed by atoms with van der Waals surface area (Å²) < 4.78 is 26.9. The third-order valence-corrected chi connectivity index (χ3v) is 9.98. The molecule has 0 saturated heterocycles. The molecule has 1 saturated carbocycles. The van der Waals surface area contributed by atoms with Crippen LogP contribution in [0.5, 0.6) is 0 Å². The molecule has 0 bridgehead atoms. The molecule has 0 spiro atoms. The fraction of sp³-hybridized carbons (Fsp3) is 0.355. The summed E-state index contributed by atoms with van der Waals surface area (Å²) in [6.07, 6.45) is 6.04. The number of hydrogen-bond acceptors (Lipinski definition) is 4. The van der Waals surface area contributed by atoms with E-state index >= 15 is 0 Å². The first kappa shape index (κ1) is 33.4. The van der Waals surface area contributed by atoms with E-state index in [0.717, 1.165) is 48.2 Å². The summed E-state index contributed by atoms with van der Waals surface area (Å²) in [7, 11) is -4.00. The van der Waals surface area contributed by atoms with Crippen LogP contribution >= 0.6 is 46.4 Å². The van der Waals surface area contributed by atoms with Gasteiger partial charge in [0, 0.05) is 29.1 Å². The van der Waals surface area contributed by atoms with Gasteiger partial charge < -0.3 is 10.2 Å². The Morgan fingerprint density at radius 2 is 1.60 bits per heavy atom. The van der Waals surface area contributed by atoms with E-state index in [9.17, 15) is 18.0 Å². The highest BCUT2D eigenvalue weighted by molar-refractivity contribution is 7.92. The maximum atomic E-state index is 14.3. The molecular weight excluding hydrogens is 652 g/mol. The normalized spacial score (nSPS) is 14.6. The second-order valence-corrected chi connectivity index (χ2v) is 14.2. The van der Waals surface area contributed by atoms with Crippen molar-refractivity contribution in [2.75, 3.05) is 17.1 Å². The number of halogens is 4. The lowest BCUT2D eigenvalue weighted by molar-refractivity contribution is -0.140. The molecule has 2 amide bonds. The van der Waals surface area contributed by atoms with Gasteiger partial charge in [-0.1, -0.05) is 108 Å². The number of sulfonamides is 1. The van der Waals surface area contributed by atoms with Gasteiger partial charge in [-0.3, -0.25) is 13.9 Å². The van der Waals surface area contributed by atoms with E-state index in [1.807, 2.05) is 30.3 Å². The summed E-state index contributed by atoms with van der Waals surface area (Å²) in [5, 5.41) is 4.02. The van der Waals surface area contributed by atoms with Crippen LogP contribution in [0.15, 0.2) is 66.7 Å². The monoisotopic (exact) mass is 683 g/mol. The quantitative estimate of drug-likeness (QED) is 0.232. The Hall–Kier alpha value is -2.49. The second-order valence-electron chi connectivity index (χ2n) is 10.6.